The number of aromatic nitrogens is 2. The third-order valence-electron chi connectivity index (χ3n) is 5.93. The predicted octanol–water partition coefficient (Wildman–Crippen LogP) is 2.50. The Balaban J connectivity index is 1.78. The molecule has 2 aromatic heterocycles. The van der Waals surface area contributed by atoms with Crippen LogP contribution in [0.2, 0.25) is 0 Å². The molecule has 3 aromatic rings. The van der Waals surface area contributed by atoms with Crippen LogP contribution in [0.25, 0.3) is 10.3 Å². The minimum absolute atomic E-state index is 0.0922. The SMILES string of the molecule is CCN(CC)C(=O)COc1ccc(C2C(C#N)=C(N)Oc3c2c(=O)[nH]c2nc(NC)sc32)cc1OC. The van der Waals surface area contributed by atoms with Gasteiger partial charge in [0, 0.05) is 20.1 Å². The van der Waals surface area contributed by atoms with E-state index < -0.39 is 11.5 Å². The molecule has 12 heteroatoms. The van der Waals surface area contributed by atoms with Crippen molar-refractivity contribution >= 4 is 32.7 Å². The summed E-state index contributed by atoms with van der Waals surface area (Å²) in [5.74, 6) is -0.0874. The lowest BCUT2D eigenvalue weighted by Crippen LogP contribution is -2.34. The highest BCUT2D eigenvalue weighted by Gasteiger charge is 2.36. The number of likely N-dealkylation sites (N-methyl/N-ethyl adjacent to an activating group) is 1. The van der Waals surface area contributed by atoms with Gasteiger partial charge < -0.3 is 35.1 Å². The minimum atomic E-state index is -0.813. The number of methoxy groups -OCH3 is 1. The fourth-order valence-corrected chi connectivity index (χ4v) is 4.99. The topological polar surface area (TPSA) is 156 Å². The summed E-state index contributed by atoms with van der Waals surface area (Å²) in [6.45, 7) is 4.82. The average molecular weight is 511 g/mol. The first-order chi connectivity index (χ1) is 17.4. The van der Waals surface area contributed by atoms with Crippen molar-refractivity contribution in [2.45, 2.75) is 19.8 Å². The molecule has 1 amide bonds. The summed E-state index contributed by atoms with van der Waals surface area (Å²) in [5.41, 5.74) is 6.97. The molecule has 0 saturated carbocycles. The second-order valence-corrected chi connectivity index (χ2v) is 8.83. The van der Waals surface area contributed by atoms with E-state index in [0.717, 1.165) is 0 Å². The summed E-state index contributed by atoms with van der Waals surface area (Å²) < 4.78 is 17.6. The van der Waals surface area contributed by atoms with Crippen molar-refractivity contribution in [1.29, 1.82) is 5.26 Å². The number of fused-ring (bicyclic) bond motifs is 3. The number of hydrogen-bond donors (Lipinski definition) is 3. The Morgan fingerprint density at radius 3 is 2.75 bits per heavy atom. The summed E-state index contributed by atoms with van der Waals surface area (Å²) in [7, 11) is 3.19. The number of amides is 1. The maximum atomic E-state index is 13.2. The standard InChI is InChI=1S/C24H26N6O5S/c1-5-30(6-2)16(31)11-34-14-8-7-12(9-15(14)33-4)17-13(10-25)21(26)35-19-18(17)23(32)28-22-20(19)36-24(27-3)29-22/h7-9,17H,5-6,11,26H2,1-4H3,(H2,27,28,29,32). The van der Waals surface area contributed by atoms with Crippen LogP contribution < -0.4 is 30.8 Å². The van der Waals surface area contributed by atoms with Crippen LogP contribution in [0.1, 0.15) is 30.9 Å². The number of nitrogens with one attached hydrogen (secondary N) is 2. The number of hydrogen-bond acceptors (Lipinski definition) is 10. The summed E-state index contributed by atoms with van der Waals surface area (Å²) >= 11 is 1.29. The third-order valence-corrected chi connectivity index (χ3v) is 7.00. The van der Waals surface area contributed by atoms with Gasteiger partial charge in [-0.3, -0.25) is 9.59 Å². The molecule has 4 rings (SSSR count). The number of carbonyl (C=O) groups excluding carboxylic acids is 1. The van der Waals surface area contributed by atoms with Gasteiger partial charge in [0.25, 0.3) is 11.5 Å². The number of nitrogens with two attached hydrogens (primary N) is 1. The number of thiazole rings is 1. The van der Waals surface area contributed by atoms with Crippen LogP contribution in [0.15, 0.2) is 34.4 Å². The Bertz CT molecular complexity index is 1450. The number of nitrogens with zero attached hydrogens (tertiary/aromatic N) is 3. The summed E-state index contributed by atoms with van der Waals surface area (Å²) in [5, 5.41) is 13.4. The van der Waals surface area contributed by atoms with Gasteiger partial charge in [0.2, 0.25) is 5.88 Å². The molecular formula is C24H26N6O5S. The van der Waals surface area contributed by atoms with Crippen molar-refractivity contribution in [3.05, 3.63) is 51.1 Å². The van der Waals surface area contributed by atoms with Crippen molar-refractivity contribution in [1.82, 2.24) is 14.9 Å². The Morgan fingerprint density at radius 1 is 1.36 bits per heavy atom. The zero-order valence-corrected chi connectivity index (χ0v) is 21.1. The van der Waals surface area contributed by atoms with Crippen LogP contribution in [0.3, 0.4) is 0 Å². The van der Waals surface area contributed by atoms with Gasteiger partial charge in [-0.05, 0) is 31.5 Å². The molecule has 188 valence electrons. The zero-order valence-electron chi connectivity index (χ0n) is 20.3. The van der Waals surface area contributed by atoms with E-state index in [0.29, 0.717) is 45.6 Å². The van der Waals surface area contributed by atoms with Crippen LogP contribution in [0.5, 0.6) is 17.2 Å². The molecule has 0 radical (unpaired) electrons. The van der Waals surface area contributed by atoms with Crippen molar-refractivity contribution < 1.29 is 19.0 Å². The molecule has 1 aliphatic heterocycles. The Labute approximate surface area is 211 Å². The molecule has 0 spiro atoms. The lowest BCUT2D eigenvalue weighted by atomic mass is 9.84. The number of carbonyl (C=O) groups is 1. The number of ether oxygens (including phenoxy) is 3. The highest BCUT2D eigenvalue weighted by molar-refractivity contribution is 7.22. The molecule has 4 N–H and O–H groups in total. The molecule has 0 saturated heterocycles. The summed E-state index contributed by atoms with van der Waals surface area (Å²) in [4.78, 5) is 34.3. The summed E-state index contributed by atoms with van der Waals surface area (Å²) in [6.07, 6.45) is 0. The van der Waals surface area contributed by atoms with E-state index in [4.69, 9.17) is 19.9 Å². The number of pyridine rings is 1. The first-order valence-corrected chi connectivity index (χ1v) is 12.1. The van der Waals surface area contributed by atoms with E-state index in [1.165, 1.54) is 18.4 Å². The van der Waals surface area contributed by atoms with Gasteiger partial charge in [0.15, 0.2) is 34.6 Å². The first kappa shape index (κ1) is 24.9. The van der Waals surface area contributed by atoms with E-state index in [1.807, 2.05) is 13.8 Å². The highest BCUT2D eigenvalue weighted by atomic mass is 32.1. The maximum Gasteiger partial charge on any atom is 0.260 e. The molecule has 11 nitrogen and oxygen atoms in total. The molecule has 36 heavy (non-hydrogen) atoms. The lowest BCUT2D eigenvalue weighted by Gasteiger charge is -2.26. The van der Waals surface area contributed by atoms with Crippen molar-refractivity contribution in [3.8, 4) is 23.3 Å². The first-order valence-electron chi connectivity index (χ1n) is 11.3. The van der Waals surface area contributed by atoms with Crippen LogP contribution in [0.4, 0.5) is 5.13 Å². The highest BCUT2D eigenvalue weighted by Crippen LogP contribution is 2.46. The number of H-pyrrole nitrogens is 1. The number of aromatic amines is 1. The maximum absolute atomic E-state index is 13.2. The number of allylic oxidation sites excluding steroid dienone is 1. The Morgan fingerprint density at radius 2 is 2.11 bits per heavy atom. The molecule has 0 bridgehead atoms. The van der Waals surface area contributed by atoms with Crippen LogP contribution in [0, 0.1) is 11.3 Å². The number of anilines is 1. The molecule has 0 fully saturated rings. The normalized spacial score (nSPS) is 14.6. The second-order valence-electron chi connectivity index (χ2n) is 7.83. The van der Waals surface area contributed by atoms with Crippen LogP contribution in [-0.2, 0) is 4.79 Å². The Hall–Kier alpha value is -4.24. The molecule has 1 aliphatic rings. The molecule has 1 unspecified atom stereocenters. The van der Waals surface area contributed by atoms with E-state index >= 15 is 0 Å². The quantitative estimate of drug-likeness (QED) is 0.414. The average Bonchev–Trinajstić information content (AvgIpc) is 3.30. The van der Waals surface area contributed by atoms with Gasteiger partial charge in [-0.25, -0.2) is 4.98 Å². The smallest absolute Gasteiger partial charge is 0.260 e. The molecule has 3 heterocycles. The molecule has 1 aromatic carbocycles. The number of nitriles is 1. The summed E-state index contributed by atoms with van der Waals surface area (Å²) in [6, 6.07) is 7.10. The fourth-order valence-electron chi connectivity index (χ4n) is 4.12. The van der Waals surface area contributed by atoms with Crippen molar-refractivity contribution in [3.63, 3.8) is 0 Å². The zero-order chi connectivity index (χ0) is 26.0. The van der Waals surface area contributed by atoms with Crippen molar-refractivity contribution in [2.24, 2.45) is 5.73 Å². The third kappa shape index (κ3) is 4.29. The minimum Gasteiger partial charge on any atom is -0.493 e. The van der Waals surface area contributed by atoms with Crippen LogP contribution >= 0.6 is 11.3 Å². The van der Waals surface area contributed by atoms with E-state index in [2.05, 4.69) is 21.4 Å². The van der Waals surface area contributed by atoms with Gasteiger partial charge in [0.1, 0.15) is 16.3 Å². The van der Waals surface area contributed by atoms with Gasteiger partial charge >= 0.3 is 0 Å². The molecule has 1 atom stereocenters. The van der Waals surface area contributed by atoms with Crippen LogP contribution in [-0.4, -0.2) is 54.6 Å². The predicted molar refractivity (Wildman–Crippen MR) is 136 cm³/mol. The van der Waals surface area contributed by atoms with E-state index in [9.17, 15) is 14.9 Å². The van der Waals surface area contributed by atoms with Gasteiger partial charge in [-0.15, -0.1) is 0 Å². The molecule has 0 aliphatic carbocycles. The van der Waals surface area contributed by atoms with Gasteiger partial charge in [-0.2, -0.15) is 5.26 Å². The van der Waals surface area contributed by atoms with E-state index in [1.54, 1.807) is 30.1 Å². The second kappa shape index (κ2) is 10.2. The number of benzene rings is 1. The monoisotopic (exact) mass is 510 g/mol. The van der Waals surface area contributed by atoms with Gasteiger partial charge in [-0.1, -0.05) is 17.4 Å². The lowest BCUT2D eigenvalue weighted by molar-refractivity contribution is -0.132. The Kier molecular flexibility index (Phi) is 7.03. The van der Waals surface area contributed by atoms with E-state index in [-0.39, 0.29) is 35.3 Å². The van der Waals surface area contributed by atoms with Gasteiger partial charge in [0.05, 0.1) is 18.6 Å². The fraction of sp³-hybridized carbons (Fsp3) is 0.333. The van der Waals surface area contributed by atoms with Crippen molar-refractivity contribution in [2.75, 3.05) is 39.2 Å². The molecular weight excluding hydrogens is 484 g/mol. The number of rotatable bonds is 8. The largest absolute Gasteiger partial charge is 0.493 e.